The number of hydrogen-bond acceptors (Lipinski definition) is 9. The van der Waals surface area contributed by atoms with Gasteiger partial charge in [0.25, 0.3) is 0 Å². The Hall–Kier alpha value is -3.08. The first-order valence-corrected chi connectivity index (χ1v) is 12.4. The highest BCUT2D eigenvalue weighted by atomic mass is 35.5. The Bertz CT molecular complexity index is 1160. The van der Waals surface area contributed by atoms with Crippen LogP contribution < -0.4 is 25.6 Å². The standard InChI is InChI=1S/C23H23ClN6O3S/c24-15-3-1-14(2-4-15)17-12-18-22-26-27-23(29(22)7-8-30(18)28-17)34-13-21(31)25-16-5-6-19-20(11-16)33-10-9-32-19/h1-8,11,17-18,22,26,28H,9-10,12-13H2,(H,25,31). The van der Waals surface area contributed by atoms with Gasteiger partial charge in [0.1, 0.15) is 19.4 Å². The van der Waals surface area contributed by atoms with E-state index in [0.29, 0.717) is 30.4 Å². The molecular weight excluding hydrogens is 476 g/mol. The number of halogens is 1. The zero-order chi connectivity index (χ0) is 23.1. The Balaban J connectivity index is 1.05. The maximum Gasteiger partial charge on any atom is 0.234 e. The highest BCUT2D eigenvalue weighted by Gasteiger charge is 2.44. The van der Waals surface area contributed by atoms with Crippen LogP contribution in [0.5, 0.6) is 11.5 Å². The van der Waals surface area contributed by atoms with E-state index in [2.05, 4.69) is 43.3 Å². The fourth-order valence-electron chi connectivity index (χ4n) is 4.51. The minimum Gasteiger partial charge on any atom is -0.486 e. The number of rotatable bonds is 4. The smallest absolute Gasteiger partial charge is 0.234 e. The van der Waals surface area contributed by atoms with Crippen LogP contribution in [0.2, 0.25) is 5.02 Å². The number of nitrogens with zero attached hydrogens (tertiary/aromatic N) is 3. The number of benzene rings is 2. The van der Waals surface area contributed by atoms with Crippen molar-refractivity contribution < 1.29 is 14.3 Å². The van der Waals surface area contributed by atoms with Crippen LogP contribution in [-0.2, 0) is 4.79 Å². The number of carbonyl (C=O) groups excluding carboxylic acids is 1. The highest BCUT2D eigenvalue weighted by molar-refractivity contribution is 8.14. The molecule has 3 N–H and O–H groups in total. The third-order valence-corrected chi connectivity index (χ3v) is 7.35. The van der Waals surface area contributed by atoms with E-state index in [1.54, 1.807) is 6.07 Å². The van der Waals surface area contributed by atoms with Crippen molar-refractivity contribution in [2.24, 2.45) is 5.10 Å². The second-order valence-corrected chi connectivity index (χ2v) is 9.69. The lowest BCUT2D eigenvalue weighted by Gasteiger charge is -2.36. The van der Waals surface area contributed by atoms with Gasteiger partial charge in [0.2, 0.25) is 5.91 Å². The van der Waals surface area contributed by atoms with Gasteiger partial charge in [-0.1, -0.05) is 35.5 Å². The van der Waals surface area contributed by atoms with E-state index < -0.39 is 0 Å². The molecule has 4 aliphatic rings. The second kappa shape index (κ2) is 8.94. The van der Waals surface area contributed by atoms with Crippen LogP contribution in [0.4, 0.5) is 5.69 Å². The molecule has 0 aromatic heterocycles. The molecule has 0 saturated carbocycles. The van der Waals surface area contributed by atoms with Crippen molar-refractivity contribution in [3.8, 4) is 11.5 Å². The van der Waals surface area contributed by atoms with Crippen LogP contribution in [0.15, 0.2) is 60.0 Å². The number of thioether (sulfide) groups is 1. The van der Waals surface area contributed by atoms with E-state index in [4.69, 9.17) is 21.1 Å². The van der Waals surface area contributed by atoms with Crippen molar-refractivity contribution in [3.05, 3.63) is 65.5 Å². The van der Waals surface area contributed by atoms with E-state index in [0.717, 1.165) is 16.6 Å². The molecule has 1 fully saturated rings. The molecule has 34 heavy (non-hydrogen) atoms. The molecule has 0 spiro atoms. The highest BCUT2D eigenvalue weighted by Crippen LogP contribution is 2.36. The number of amides is 1. The van der Waals surface area contributed by atoms with Crippen LogP contribution in [0.3, 0.4) is 0 Å². The lowest BCUT2D eigenvalue weighted by molar-refractivity contribution is -0.113. The number of nitrogens with one attached hydrogen (secondary N) is 3. The lowest BCUT2D eigenvalue weighted by Crippen LogP contribution is -2.54. The fraction of sp³-hybridized carbons (Fsp3) is 0.304. The van der Waals surface area contributed by atoms with Gasteiger partial charge in [-0.25, -0.2) is 5.43 Å². The molecule has 0 aliphatic carbocycles. The van der Waals surface area contributed by atoms with Crippen molar-refractivity contribution in [2.75, 3.05) is 24.3 Å². The summed E-state index contributed by atoms with van der Waals surface area (Å²) in [5.41, 5.74) is 8.67. The number of fused-ring (bicyclic) bond motifs is 4. The van der Waals surface area contributed by atoms with Crippen LogP contribution >= 0.6 is 23.4 Å². The third kappa shape index (κ3) is 4.13. The Morgan fingerprint density at radius 2 is 1.97 bits per heavy atom. The van der Waals surface area contributed by atoms with E-state index >= 15 is 0 Å². The van der Waals surface area contributed by atoms with Gasteiger partial charge in [-0.05, 0) is 36.2 Å². The molecule has 2 aromatic rings. The number of hydrogen-bond donors (Lipinski definition) is 3. The summed E-state index contributed by atoms with van der Waals surface area (Å²) >= 11 is 7.44. The monoisotopic (exact) mass is 498 g/mol. The number of hydrazine groups is 1. The molecule has 176 valence electrons. The number of amidine groups is 1. The van der Waals surface area contributed by atoms with Crippen LogP contribution in [-0.4, -0.2) is 52.2 Å². The maximum atomic E-state index is 12.6. The number of ether oxygens (including phenoxy) is 2. The van der Waals surface area contributed by atoms with Gasteiger partial charge in [0.05, 0.1) is 17.8 Å². The zero-order valence-corrected chi connectivity index (χ0v) is 19.7. The predicted octanol–water partition coefficient (Wildman–Crippen LogP) is 3.09. The van der Waals surface area contributed by atoms with Gasteiger partial charge in [-0.2, -0.15) is 5.10 Å². The summed E-state index contributed by atoms with van der Waals surface area (Å²) in [6, 6.07) is 13.7. The van der Waals surface area contributed by atoms with Crippen molar-refractivity contribution in [2.45, 2.75) is 24.7 Å². The van der Waals surface area contributed by atoms with Crippen LogP contribution in [0, 0.1) is 0 Å². The topological polar surface area (TPSA) is 90.5 Å². The summed E-state index contributed by atoms with van der Waals surface area (Å²) in [5, 5.41) is 11.1. The Morgan fingerprint density at radius 3 is 2.82 bits per heavy atom. The second-order valence-electron chi connectivity index (χ2n) is 8.31. The molecule has 1 amide bonds. The van der Waals surface area contributed by atoms with Gasteiger partial charge < -0.3 is 24.7 Å². The summed E-state index contributed by atoms with van der Waals surface area (Å²) in [6.07, 6.45) is 4.93. The SMILES string of the molecule is O=C(CSC1=NNC2C3CC(c4ccc(Cl)cc4)NN3C=CN12)Nc1ccc2c(c1)OCCO2. The summed E-state index contributed by atoms with van der Waals surface area (Å²) in [7, 11) is 0. The molecule has 0 radical (unpaired) electrons. The number of anilines is 1. The van der Waals surface area contributed by atoms with Crippen LogP contribution in [0.25, 0.3) is 0 Å². The van der Waals surface area contributed by atoms with Crippen molar-refractivity contribution >= 4 is 40.1 Å². The zero-order valence-electron chi connectivity index (χ0n) is 18.1. The summed E-state index contributed by atoms with van der Waals surface area (Å²) < 4.78 is 11.1. The predicted molar refractivity (Wildman–Crippen MR) is 131 cm³/mol. The summed E-state index contributed by atoms with van der Waals surface area (Å²) in [4.78, 5) is 14.7. The van der Waals surface area contributed by atoms with E-state index in [1.165, 1.54) is 17.3 Å². The summed E-state index contributed by atoms with van der Waals surface area (Å²) in [6.45, 7) is 1.04. The minimum absolute atomic E-state index is 0.00171. The maximum absolute atomic E-state index is 12.6. The van der Waals surface area contributed by atoms with Crippen molar-refractivity contribution in [3.63, 3.8) is 0 Å². The Labute approximate surface area is 206 Å². The van der Waals surface area contributed by atoms with Crippen LogP contribution in [0.1, 0.15) is 18.0 Å². The first-order valence-electron chi connectivity index (χ1n) is 11.1. The molecule has 0 bridgehead atoms. The van der Waals surface area contributed by atoms with Gasteiger partial charge >= 0.3 is 0 Å². The molecular formula is C23H23ClN6O3S. The van der Waals surface area contributed by atoms with Gasteiger partial charge in [0.15, 0.2) is 16.7 Å². The first-order chi connectivity index (χ1) is 16.6. The molecule has 1 saturated heterocycles. The Kier molecular flexibility index (Phi) is 5.64. The number of carbonyl (C=O) groups is 1. The fourth-order valence-corrected chi connectivity index (χ4v) is 5.41. The normalized spacial score (nSPS) is 24.3. The molecule has 11 heteroatoms. The molecule has 4 aliphatic heterocycles. The Morgan fingerprint density at radius 1 is 1.15 bits per heavy atom. The molecule has 6 rings (SSSR count). The third-order valence-electron chi connectivity index (χ3n) is 6.14. The summed E-state index contributed by atoms with van der Waals surface area (Å²) in [5.74, 6) is 1.47. The molecule has 9 nitrogen and oxygen atoms in total. The van der Waals surface area contributed by atoms with Gasteiger partial charge in [0, 0.05) is 29.2 Å². The lowest BCUT2D eigenvalue weighted by atomic mass is 10.00. The average Bonchev–Trinajstić information content (AvgIpc) is 3.47. The van der Waals surface area contributed by atoms with E-state index in [9.17, 15) is 4.79 Å². The van der Waals surface area contributed by atoms with Crippen molar-refractivity contribution in [1.82, 2.24) is 20.8 Å². The average molecular weight is 499 g/mol. The first kappa shape index (κ1) is 21.5. The largest absolute Gasteiger partial charge is 0.486 e. The number of hydrazone groups is 1. The van der Waals surface area contributed by atoms with Gasteiger partial charge in [-0.15, -0.1) is 0 Å². The molecule has 2 aromatic carbocycles. The van der Waals surface area contributed by atoms with E-state index in [-0.39, 0.29) is 29.9 Å². The van der Waals surface area contributed by atoms with E-state index in [1.807, 2.05) is 36.7 Å². The molecule has 3 atom stereocenters. The quantitative estimate of drug-likeness (QED) is 0.592. The van der Waals surface area contributed by atoms with Gasteiger partial charge in [-0.3, -0.25) is 10.2 Å². The minimum atomic E-state index is -0.110. The molecule has 3 unspecified atom stereocenters. The molecule has 4 heterocycles. The van der Waals surface area contributed by atoms with Crippen molar-refractivity contribution in [1.29, 1.82) is 0 Å².